The maximum Gasteiger partial charge on any atom is 0.228 e. The first kappa shape index (κ1) is 17.8. The number of carbonyl (C=O) groups is 1. The lowest BCUT2D eigenvalue weighted by molar-refractivity contribution is -0.129. The molecule has 1 atom stereocenters. The summed E-state index contributed by atoms with van der Waals surface area (Å²) in [6.07, 6.45) is 2.50. The van der Waals surface area contributed by atoms with Crippen molar-refractivity contribution in [2.75, 3.05) is 26.0 Å². The molecule has 1 amide bonds. The lowest BCUT2D eigenvalue weighted by Gasteiger charge is -2.18. The summed E-state index contributed by atoms with van der Waals surface area (Å²) in [5, 5.41) is 9.43. The van der Waals surface area contributed by atoms with Crippen molar-refractivity contribution < 1.29 is 4.79 Å². The number of nitrogens with zero attached hydrogens (tertiary/aromatic N) is 4. The molecule has 2 aromatic heterocycles. The number of hydrogen-bond donors (Lipinski definition) is 2. The lowest BCUT2D eigenvalue weighted by atomic mass is 10.2. The zero-order valence-electron chi connectivity index (χ0n) is 14.9. The Labute approximate surface area is 151 Å². The highest BCUT2D eigenvalue weighted by atomic mass is 32.1. The summed E-state index contributed by atoms with van der Waals surface area (Å²) >= 11 is 1.57. The fourth-order valence-electron chi connectivity index (χ4n) is 2.90. The van der Waals surface area contributed by atoms with E-state index in [1.807, 2.05) is 25.4 Å². The standard InChI is InChI=1S/C17H24N6OS/c1-11-20-13(10-25-11)8-16(24)23(3)9-12-7-15(18-2)22-17(21-12)14-5-4-6-19-14/h7,10,14,19H,4-6,8-9H2,1-3H3,(H,18,21,22)/t14-/m0/s1. The van der Waals surface area contributed by atoms with E-state index in [1.165, 1.54) is 0 Å². The van der Waals surface area contributed by atoms with Gasteiger partial charge in [-0.2, -0.15) is 0 Å². The minimum atomic E-state index is 0.0375. The number of aryl methyl sites for hydroxylation is 1. The van der Waals surface area contributed by atoms with Crippen LogP contribution in [0, 0.1) is 6.92 Å². The van der Waals surface area contributed by atoms with E-state index in [0.29, 0.717) is 13.0 Å². The fraction of sp³-hybridized carbons (Fsp3) is 0.529. The van der Waals surface area contributed by atoms with Crippen LogP contribution in [0.25, 0.3) is 0 Å². The first-order chi connectivity index (χ1) is 12.0. The third-order valence-electron chi connectivity index (χ3n) is 4.25. The summed E-state index contributed by atoms with van der Waals surface area (Å²) in [7, 11) is 3.65. The van der Waals surface area contributed by atoms with E-state index in [9.17, 15) is 4.79 Å². The van der Waals surface area contributed by atoms with E-state index in [0.717, 1.165) is 47.4 Å². The SMILES string of the molecule is CNc1cc(CN(C)C(=O)Cc2csc(C)n2)nc([C@@H]2CCCN2)n1. The number of thiazole rings is 1. The van der Waals surface area contributed by atoms with Crippen LogP contribution in [-0.2, 0) is 17.8 Å². The van der Waals surface area contributed by atoms with Gasteiger partial charge in [-0.1, -0.05) is 0 Å². The van der Waals surface area contributed by atoms with Gasteiger partial charge in [-0.05, 0) is 26.3 Å². The molecule has 2 aromatic rings. The summed E-state index contributed by atoms with van der Waals surface area (Å²) in [4.78, 5) is 27.7. The smallest absolute Gasteiger partial charge is 0.228 e. The van der Waals surface area contributed by atoms with E-state index in [2.05, 4.69) is 25.6 Å². The van der Waals surface area contributed by atoms with Gasteiger partial charge in [-0.25, -0.2) is 15.0 Å². The first-order valence-electron chi connectivity index (χ1n) is 8.49. The zero-order valence-corrected chi connectivity index (χ0v) is 15.7. The van der Waals surface area contributed by atoms with Gasteiger partial charge in [0.2, 0.25) is 5.91 Å². The molecule has 25 heavy (non-hydrogen) atoms. The highest BCUT2D eigenvalue weighted by Gasteiger charge is 2.21. The van der Waals surface area contributed by atoms with Gasteiger partial charge in [0.1, 0.15) is 11.6 Å². The van der Waals surface area contributed by atoms with Crippen LogP contribution in [0.4, 0.5) is 5.82 Å². The molecule has 8 heteroatoms. The number of anilines is 1. The van der Waals surface area contributed by atoms with Crippen LogP contribution in [0.5, 0.6) is 0 Å². The Morgan fingerprint density at radius 2 is 2.24 bits per heavy atom. The molecule has 0 radical (unpaired) electrons. The summed E-state index contributed by atoms with van der Waals surface area (Å²) in [5.41, 5.74) is 1.67. The summed E-state index contributed by atoms with van der Waals surface area (Å²) in [6.45, 7) is 3.40. The molecular formula is C17H24N6OS. The molecule has 1 aliphatic heterocycles. The number of aromatic nitrogens is 3. The Morgan fingerprint density at radius 3 is 2.88 bits per heavy atom. The van der Waals surface area contributed by atoms with Crippen molar-refractivity contribution in [3.05, 3.63) is 33.7 Å². The van der Waals surface area contributed by atoms with Crippen LogP contribution < -0.4 is 10.6 Å². The van der Waals surface area contributed by atoms with Crippen molar-refractivity contribution in [1.82, 2.24) is 25.2 Å². The largest absolute Gasteiger partial charge is 0.373 e. The molecule has 0 saturated carbocycles. The van der Waals surface area contributed by atoms with E-state index in [1.54, 1.807) is 23.3 Å². The van der Waals surface area contributed by atoms with Gasteiger partial charge in [0, 0.05) is 25.5 Å². The minimum Gasteiger partial charge on any atom is -0.373 e. The zero-order chi connectivity index (χ0) is 17.8. The summed E-state index contributed by atoms with van der Waals surface area (Å²) in [5.74, 6) is 1.62. The second-order valence-electron chi connectivity index (χ2n) is 6.29. The molecule has 7 nitrogen and oxygen atoms in total. The van der Waals surface area contributed by atoms with Gasteiger partial charge in [0.25, 0.3) is 0 Å². The molecule has 0 aliphatic carbocycles. The Hall–Kier alpha value is -2.06. The molecular weight excluding hydrogens is 336 g/mol. The predicted octanol–water partition coefficient (Wildman–Crippen LogP) is 1.91. The highest BCUT2D eigenvalue weighted by Crippen LogP contribution is 2.22. The van der Waals surface area contributed by atoms with E-state index in [4.69, 9.17) is 0 Å². The molecule has 3 rings (SSSR count). The second kappa shape index (κ2) is 7.88. The second-order valence-corrected chi connectivity index (χ2v) is 7.35. The maximum atomic E-state index is 12.4. The number of likely N-dealkylation sites (N-methyl/N-ethyl adjacent to an activating group) is 1. The van der Waals surface area contributed by atoms with Crippen molar-refractivity contribution in [1.29, 1.82) is 0 Å². The molecule has 134 valence electrons. The van der Waals surface area contributed by atoms with Crippen LogP contribution in [0.2, 0.25) is 0 Å². The predicted molar refractivity (Wildman–Crippen MR) is 98.6 cm³/mol. The Bertz CT molecular complexity index is 740. The monoisotopic (exact) mass is 360 g/mol. The Kier molecular flexibility index (Phi) is 5.60. The Balaban J connectivity index is 1.70. The van der Waals surface area contributed by atoms with Gasteiger partial charge in [0.15, 0.2) is 0 Å². The minimum absolute atomic E-state index is 0.0375. The number of carbonyl (C=O) groups excluding carboxylic acids is 1. The quantitative estimate of drug-likeness (QED) is 0.819. The van der Waals surface area contributed by atoms with Crippen molar-refractivity contribution in [3.8, 4) is 0 Å². The summed E-state index contributed by atoms with van der Waals surface area (Å²) in [6, 6.07) is 2.10. The normalized spacial score (nSPS) is 16.8. The third kappa shape index (κ3) is 4.52. The summed E-state index contributed by atoms with van der Waals surface area (Å²) < 4.78 is 0. The van der Waals surface area contributed by atoms with E-state index < -0.39 is 0 Å². The number of hydrogen-bond acceptors (Lipinski definition) is 7. The number of nitrogens with one attached hydrogen (secondary N) is 2. The molecule has 0 unspecified atom stereocenters. The Morgan fingerprint density at radius 1 is 1.40 bits per heavy atom. The van der Waals surface area contributed by atoms with Gasteiger partial charge in [-0.15, -0.1) is 11.3 Å². The van der Waals surface area contributed by atoms with Gasteiger partial charge >= 0.3 is 0 Å². The maximum absolute atomic E-state index is 12.4. The van der Waals surface area contributed by atoms with Gasteiger partial charge in [-0.3, -0.25) is 4.79 Å². The van der Waals surface area contributed by atoms with Gasteiger partial charge < -0.3 is 15.5 Å². The van der Waals surface area contributed by atoms with E-state index >= 15 is 0 Å². The molecule has 0 aromatic carbocycles. The average molecular weight is 360 g/mol. The number of amides is 1. The van der Waals surface area contributed by atoms with Crippen LogP contribution in [0.1, 0.15) is 41.1 Å². The van der Waals surface area contributed by atoms with Crippen molar-refractivity contribution >= 4 is 23.1 Å². The van der Waals surface area contributed by atoms with Crippen molar-refractivity contribution in [2.24, 2.45) is 0 Å². The van der Waals surface area contributed by atoms with Crippen molar-refractivity contribution in [3.63, 3.8) is 0 Å². The fourth-order valence-corrected chi connectivity index (χ4v) is 3.51. The van der Waals surface area contributed by atoms with Crippen LogP contribution in [0.15, 0.2) is 11.4 Å². The molecule has 0 spiro atoms. The van der Waals surface area contributed by atoms with Gasteiger partial charge in [0.05, 0.1) is 35.4 Å². The lowest BCUT2D eigenvalue weighted by Crippen LogP contribution is -2.28. The molecule has 2 N–H and O–H groups in total. The van der Waals surface area contributed by atoms with Crippen molar-refractivity contribution in [2.45, 2.75) is 38.8 Å². The molecule has 0 bridgehead atoms. The molecule has 3 heterocycles. The third-order valence-corrected chi connectivity index (χ3v) is 5.07. The highest BCUT2D eigenvalue weighted by molar-refractivity contribution is 7.09. The molecule has 1 saturated heterocycles. The molecule has 1 fully saturated rings. The van der Waals surface area contributed by atoms with Crippen LogP contribution >= 0.6 is 11.3 Å². The first-order valence-corrected chi connectivity index (χ1v) is 9.37. The average Bonchev–Trinajstić information content (AvgIpc) is 3.26. The topological polar surface area (TPSA) is 83.0 Å². The van der Waals surface area contributed by atoms with Crippen LogP contribution in [-0.4, -0.2) is 46.4 Å². The molecule has 1 aliphatic rings. The number of rotatable bonds is 6. The van der Waals surface area contributed by atoms with E-state index in [-0.39, 0.29) is 11.9 Å². The van der Waals surface area contributed by atoms with Crippen LogP contribution in [0.3, 0.4) is 0 Å².